The number of rotatable bonds is 4. The van der Waals surface area contributed by atoms with Gasteiger partial charge in [-0.25, -0.2) is 0 Å². The maximum absolute atomic E-state index is 5.94. The average molecular weight is 264 g/mol. The first kappa shape index (κ1) is 13.4. The summed E-state index contributed by atoms with van der Waals surface area (Å²) in [6, 6.07) is 4.48. The van der Waals surface area contributed by atoms with Crippen molar-refractivity contribution in [3.05, 3.63) is 21.3 Å². The lowest BCUT2D eigenvalue weighted by atomic mass is 10.2. The minimum atomic E-state index is 0.316. The molecule has 0 saturated carbocycles. The van der Waals surface area contributed by atoms with Crippen LogP contribution >= 0.6 is 34.7 Å². The summed E-state index contributed by atoms with van der Waals surface area (Å²) in [7, 11) is 2.00. The maximum atomic E-state index is 5.94. The van der Waals surface area contributed by atoms with Crippen LogP contribution in [0.1, 0.15) is 31.7 Å². The molecule has 0 spiro atoms. The van der Waals surface area contributed by atoms with Gasteiger partial charge in [-0.3, -0.25) is 0 Å². The first-order valence-electron chi connectivity index (χ1n) is 4.99. The van der Waals surface area contributed by atoms with E-state index in [9.17, 15) is 0 Å². The SMILES string of the molecule is CNC(CSC(C)(C)C)c1ccc(Cl)s1. The van der Waals surface area contributed by atoms with Gasteiger partial charge in [0, 0.05) is 15.4 Å². The second-order valence-corrected chi connectivity index (χ2v) is 8.00. The molecule has 1 N–H and O–H groups in total. The fourth-order valence-electron chi connectivity index (χ4n) is 1.16. The molecule has 1 rings (SSSR count). The lowest BCUT2D eigenvalue weighted by Crippen LogP contribution is -2.20. The molecule has 0 radical (unpaired) electrons. The van der Waals surface area contributed by atoms with Crippen LogP contribution in [0.15, 0.2) is 12.1 Å². The van der Waals surface area contributed by atoms with Crippen LogP contribution in [0.2, 0.25) is 4.34 Å². The largest absolute Gasteiger partial charge is 0.312 e. The van der Waals surface area contributed by atoms with Crippen LogP contribution < -0.4 is 5.32 Å². The molecular formula is C11H18ClNS2. The van der Waals surface area contributed by atoms with Crippen LogP contribution in [0.3, 0.4) is 0 Å². The van der Waals surface area contributed by atoms with Gasteiger partial charge in [0.05, 0.1) is 10.4 Å². The average Bonchev–Trinajstić information content (AvgIpc) is 2.51. The van der Waals surface area contributed by atoms with Crippen molar-refractivity contribution in [3.8, 4) is 0 Å². The second-order valence-electron chi connectivity index (χ2n) is 4.41. The Balaban J connectivity index is 2.57. The number of thioether (sulfide) groups is 1. The molecule has 1 aromatic heterocycles. The molecule has 1 unspecified atom stereocenters. The molecule has 4 heteroatoms. The third-order valence-electron chi connectivity index (χ3n) is 1.97. The highest BCUT2D eigenvalue weighted by atomic mass is 35.5. The molecule has 1 heterocycles. The van der Waals surface area contributed by atoms with E-state index in [1.165, 1.54) is 4.88 Å². The Morgan fingerprint density at radius 1 is 1.47 bits per heavy atom. The molecule has 0 aromatic carbocycles. The van der Waals surface area contributed by atoms with E-state index in [0.29, 0.717) is 10.8 Å². The molecular weight excluding hydrogens is 246 g/mol. The van der Waals surface area contributed by atoms with E-state index in [2.05, 4.69) is 32.2 Å². The monoisotopic (exact) mass is 263 g/mol. The van der Waals surface area contributed by atoms with Gasteiger partial charge in [0.1, 0.15) is 0 Å². The molecule has 0 amide bonds. The summed E-state index contributed by atoms with van der Waals surface area (Å²) in [5, 5.41) is 3.34. The zero-order valence-corrected chi connectivity index (χ0v) is 12.0. The Morgan fingerprint density at radius 2 is 2.13 bits per heavy atom. The lowest BCUT2D eigenvalue weighted by molar-refractivity contribution is 0.667. The Bertz CT molecular complexity index is 304. The molecule has 0 aliphatic heterocycles. The van der Waals surface area contributed by atoms with E-state index in [1.807, 2.05) is 24.9 Å². The topological polar surface area (TPSA) is 12.0 Å². The van der Waals surface area contributed by atoms with Crippen LogP contribution in [0.5, 0.6) is 0 Å². The summed E-state index contributed by atoms with van der Waals surface area (Å²) in [6.07, 6.45) is 0. The lowest BCUT2D eigenvalue weighted by Gasteiger charge is -2.21. The smallest absolute Gasteiger partial charge is 0.0931 e. The summed E-state index contributed by atoms with van der Waals surface area (Å²) in [5.41, 5.74) is 0. The highest BCUT2D eigenvalue weighted by molar-refractivity contribution is 8.00. The van der Waals surface area contributed by atoms with Crippen molar-refractivity contribution in [1.29, 1.82) is 0 Å². The van der Waals surface area contributed by atoms with Gasteiger partial charge in [0.2, 0.25) is 0 Å². The minimum absolute atomic E-state index is 0.316. The quantitative estimate of drug-likeness (QED) is 0.874. The van der Waals surface area contributed by atoms with Crippen molar-refractivity contribution in [3.63, 3.8) is 0 Å². The normalized spacial score (nSPS) is 14.2. The third kappa shape index (κ3) is 4.77. The predicted molar refractivity (Wildman–Crippen MR) is 73.3 cm³/mol. The number of thiophene rings is 1. The van der Waals surface area contributed by atoms with Crippen molar-refractivity contribution in [2.24, 2.45) is 0 Å². The van der Waals surface area contributed by atoms with Crippen LogP contribution in [-0.4, -0.2) is 17.5 Å². The summed E-state index contributed by atoms with van der Waals surface area (Å²) in [6.45, 7) is 6.73. The van der Waals surface area contributed by atoms with Gasteiger partial charge in [0.15, 0.2) is 0 Å². The molecule has 86 valence electrons. The van der Waals surface area contributed by atoms with Gasteiger partial charge in [-0.05, 0) is 19.2 Å². The summed E-state index contributed by atoms with van der Waals surface area (Å²) < 4.78 is 1.18. The van der Waals surface area contributed by atoms with E-state index in [0.717, 1.165) is 10.1 Å². The molecule has 1 nitrogen and oxygen atoms in total. The number of nitrogens with one attached hydrogen (secondary N) is 1. The van der Waals surface area contributed by atoms with Crippen LogP contribution in [-0.2, 0) is 0 Å². The molecule has 0 aliphatic carbocycles. The Kier molecular flexibility index (Phi) is 4.97. The molecule has 0 aliphatic rings. The van der Waals surface area contributed by atoms with Crippen LogP contribution in [0, 0.1) is 0 Å². The van der Waals surface area contributed by atoms with Crippen molar-refractivity contribution >= 4 is 34.7 Å². The van der Waals surface area contributed by atoms with Crippen molar-refractivity contribution < 1.29 is 0 Å². The van der Waals surface area contributed by atoms with E-state index in [1.54, 1.807) is 11.3 Å². The van der Waals surface area contributed by atoms with Gasteiger partial charge in [-0.15, -0.1) is 11.3 Å². The van der Waals surface area contributed by atoms with Crippen LogP contribution in [0.4, 0.5) is 0 Å². The van der Waals surface area contributed by atoms with Gasteiger partial charge < -0.3 is 5.32 Å². The molecule has 1 aromatic rings. The highest BCUT2D eigenvalue weighted by Crippen LogP contribution is 2.32. The Labute approximate surface area is 106 Å². The first-order chi connectivity index (χ1) is 6.92. The summed E-state index contributed by atoms with van der Waals surface area (Å²) in [5.74, 6) is 1.08. The fourth-order valence-corrected chi connectivity index (χ4v) is 3.45. The maximum Gasteiger partial charge on any atom is 0.0931 e. The van der Waals surface area contributed by atoms with E-state index in [-0.39, 0.29) is 0 Å². The zero-order valence-electron chi connectivity index (χ0n) is 9.63. The van der Waals surface area contributed by atoms with E-state index in [4.69, 9.17) is 11.6 Å². The minimum Gasteiger partial charge on any atom is -0.312 e. The molecule has 0 bridgehead atoms. The Morgan fingerprint density at radius 3 is 2.53 bits per heavy atom. The molecule has 15 heavy (non-hydrogen) atoms. The Hall–Kier alpha value is 0.300. The third-order valence-corrected chi connectivity index (χ3v) is 4.68. The van der Waals surface area contributed by atoms with Gasteiger partial charge in [0.25, 0.3) is 0 Å². The second kappa shape index (κ2) is 5.58. The summed E-state index contributed by atoms with van der Waals surface area (Å²) in [4.78, 5) is 1.32. The standard InChI is InChI=1S/C11H18ClNS2/c1-11(2,3)14-7-8(13-4)9-5-6-10(12)15-9/h5-6,8,13H,7H2,1-4H3. The number of hydrogen-bond acceptors (Lipinski definition) is 3. The zero-order chi connectivity index (χ0) is 11.5. The van der Waals surface area contributed by atoms with Crippen molar-refractivity contribution in [2.45, 2.75) is 31.6 Å². The van der Waals surface area contributed by atoms with E-state index < -0.39 is 0 Å². The fraction of sp³-hybridized carbons (Fsp3) is 0.636. The van der Waals surface area contributed by atoms with Crippen molar-refractivity contribution in [2.75, 3.05) is 12.8 Å². The molecule has 0 saturated heterocycles. The van der Waals surface area contributed by atoms with Crippen molar-refractivity contribution in [1.82, 2.24) is 5.32 Å². The molecule has 0 fully saturated rings. The van der Waals surface area contributed by atoms with Crippen LogP contribution in [0.25, 0.3) is 0 Å². The van der Waals surface area contributed by atoms with Gasteiger partial charge >= 0.3 is 0 Å². The number of halogens is 1. The van der Waals surface area contributed by atoms with E-state index >= 15 is 0 Å². The molecule has 1 atom stereocenters. The highest BCUT2D eigenvalue weighted by Gasteiger charge is 2.17. The van der Waals surface area contributed by atoms with Gasteiger partial charge in [-0.2, -0.15) is 11.8 Å². The predicted octanol–water partition coefficient (Wildman–Crippen LogP) is 4.19. The van der Waals surface area contributed by atoms with Gasteiger partial charge in [-0.1, -0.05) is 32.4 Å². The first-order valence-corrected chi connectivity index (χ1v) is 7.17. The summed E-state index contributed by atoms with van der Waals surface area (Å²) >= 11 is 9.57. The number of hydrogen-bond donors (Lipinski definition) is 1.